The SMILES string of the molecule is COCCCS(=O)(=O)NCC(O)CC(C)(C)C. The van der Waals surface area contributed by atoms with Crippen molar-refractivity contribution in [2.75, 3.05) is 26.0 Å². The van der Waals surface area contributed by atoms with Crippen molar-refractivity contribution in [3.05, 3.63) is 0 Å². The van der Waals surface area contributed by atoms with Crippen molar-refractivity contribution in [2.24, 2.45) is 5.41 Å². The van der Waals surface area contributed by atoms with Crippen LogP contribution in [0.2, 0.25) is 0 Å². The second kappa shape index (κ2) is 7.31. The maximum atomic E-state index is 11.5. The maximum absolute atomic E-state index is 11.5. The molecule has 1 unspecified atom stereocenters. The molecule has 104 valence electrons. The topological polar surface area (TPSA) is 75.6 Å². The van der Waals surface area contributed by atoms with E-state index in [0.29, 0.717) is 19.4 Å². The Bertz CT molecular complexity index is 295. The highest BCUT2D eigenvalue weighted by Crippen LogP contribution is 2.20. The average Bonchev–Trinajstić information content (AvgIpc) is 2.13. The van der Waals surface area contributed by atoms with Crippen LogP contribution in [0.4, 0.5) is 0 Å². The molecule has 0 aromatic carbocycles. The lowest BCUT2D eigenvalue weighted by Crippen LogP contribution is -2.35. The summed E-state index contributed by atoms with van der Waals surface area (Å²) in [5.74, 6) is 0.0308. The Morgan fingerprint density at radius 1 is 1.35 bits per heavy atom. The van der Waals surface area contributed by atoms with E-state index in [1.807, 2.05) is 20.8 Å². The first-order valence-electron chi connectivity index (χ1n) is 5.80. The summed E-state index contributed by atoms with van der Waals surface area (Å²) in [6.07, 6.45) is 0.376. The number of aliphatic hydroxyl groups excluding tert-OH is 1. The second-order valence-electron chi connectivity index (χ2n) is 5.43. The Hall–Kier alpha value is -0.170. The van der Waals surface area contributed by atoms with Crippen LogP contribution in [0.1, 0.15) is 33.6 Å². The van der Waals surface area contributed by atoms with Crippen molar-refractivity contribution < 1.29 is 18.3 Å². The number of hydrogen-bond acceptors (Lipinski definition) is 4. The Morgan fingerprint density at radius 3 is 2.41 bits per heavy atom. The van der Waals surface area contributed by atoms with Gasteiger partial charge in [0.05, 0.1) is 11.9 Å². The molecule has 0 saturated heterocycles. The summed E-state index contributed by atoms with van der Waals surface area (Å²) in [6.45, 7) is 6.51. The van der Waals surface area contributed by atoms with Crippen LogP contribution in [-0.4, -0.2) is 45.6 Å². The molecule has 0 aliphatic rings. The predicted molar refractivity (Wildman–Crippen MR) is 68.4 cm³/mol. The van der Waals surface area contributed by atoms with Crippen molar-refractivity contribution in [3.63, 3.8) is 0 Å². The Kier molecular flexibility index (Phi) is 7.23. The number of sulfonamides is 1. The molecule has 0 aromatic rings. The summed E-state index contributed by atoms with van der Waals surface area (Å²) in [4.78, 5) is 0. The van der Waals surface area contributed by atoms with Crippen LogP contribution < -0.4 is 4.72 Å². The number of rotatable bonds is 8. The van der Waals surface area contributed by atoms with Crippen LogP contribution in [-0.2, 0) is 14.8 Å². The lowest BCUT2D eigenvalue weighted by Gasteiger charge is -2.22. The minimum atomic E-state index is -3.29. The number of methoxy groups -OCH3 is 1. The van der Waals surface area contributed by atoms with Gasteiger partial charge >= 0.3 is 0 Å². The third-order valence-corrected chi connectivity index (χ3v) is 3.58. The fourth-order valence-electron chi connectivity index (χ4n) is 1.47. The van der Waals surface area contributed by atoms with E-state index >= 15 is 0 Å². The molecule has 0 saturated carbocycles. The fraction of sp³-hybridized carbons (Fsp3) is 1.00. The molecule has 0 amide bonds. The van der Waals surface area contributed by atoms with Gasteiger partial charge in [-0.3, -0.25) is 0 Å². The third-order valence-electron chi connectivity index (χ3n) is 2.15. The Labute approximate surface area is 105 Å². The van der Waals surface area contributed by atoms with E-state index in [2.05, 4.69) is 4.72 Å². The van der Waals surface area contributed by atoms with E-state index in [1.54, 1.807) is 0 Å². The van der Waals surface area contributed by atoms with Crippen molar-refractivity contribution in [3.8, 4) is 0 Å². The molecular weight excluding hydrogens is 242 g/mol. The predicted octanol–water partition coefficient (Wildman–Crippen LogP) is 0.739. The summed E-state index contributed by atoms with van der Waals surface area (Å²) in [5.41, 5.74) is -0.0130. The highest BCUT2D eigenvalue weighted by molar-refractivity contribution is 7.89. The van der Waals surface area contributed by atoms with Crippen LogP contribution in [0.3, 0.4) is 0 Å². The van der Waals surface area contributed by atoms with E-state index in [-0.39, 0.29) is 17.7 Å². The third kappa shape index (κ3) is 10.7. The minimum Gasteiger partial charge on any atom is -0.392 e. The van der Waals surface area contributed by atoms with Gasteiger partial charge in [0.1, 0.15) is 0 Å². The molecular formula is C11H25NO4S. The van der Waals surface area contributed by atoms with Crippen molar-refractivity contribution in [1.82, 2.24) is 4.72 Å². The molecule has 0 fully saturated rings. The zero-order valence-electron chi connectivity index (χ0n) is 11.2. The molecule has 5 nitrogen and oxygen atoms in total. The maximum Gasteiger partial charge on any atom is 0.211 e. The van der Waals surface area contributed by atoms with Crippen LogP contribution in [0, 0.1) is 5.41 Å². The molecule has 0 spiro atoms. The van der Waals surface area contributed by atoms with E-state index < -0.39 is 16.1 Å². The molecule has 6 heteroatoms. The molecule has 0 radical (unpaired) electrons. The molecule has 0 bridgehead atoms. The highest BCUT2D eigenvalue weighted by atomic mass is 32.2. The highest BCUT2D eigenvalue weighted by Gasteiger charge is 2.18. The molecule has 1 atom stereocenters. The quantitative estimate of drug-likeness (QED) is 0.636. The molecule has 0 aliphatic carbocycles. The second-order valence-corrected chi connectivity index (χ2v) is 7.36. The van der Waals surface area contributed by atoms with Crippen LogP contribution >= 0.6 is 0 Å². The number of nitrogens with one attached hydrogen (secondary N) is 1. The van der Waals surface area contributed by atoms with Crippen molar-refractivity contribution >= 4 is 10.0 Å². The largest absolute Gasteiger partial charge is 0.392 e. The Morgan fingerprint density at radius 2 is 1.94 bits per heavy atom. The standard InChI is InChI=1S/C11H25NO4S/c1-11(2,3)8-10(13)9-12-17(14,15)7-5-6-16-4/h10,12-13H,5-9H2,1-4H3. The summed E-state index contributed by atoms with van der Waals surface area (Å²) in [5, 5.41) is 9.67. The molecule has 0 heterocycles. The molecule has 0 aromatic heterocycles. The van der Waals surface area contributed by atoms with Gasteiger partial charge in [-0.25, -0.2) is 13.1 Å². The van der Waals surface area contributed by atoms with Gasteiger partial charge in [-0.05, 0) is 18.3 Å². The normalized spacial score (nSPS) is 14.9. The summed E-state index contributed by atoms with van der Waals surface area (Å²) >= 11 is 0. The van der Waals surface area contributed by atoms with Gasteiger partial charge in [0.15, 0.2) is 0 Å². The average molecular weight is 267 g/mol. The summed E-state index contributed by atoms with van der Waals surface area (Å²) < 4.78 is 30.2. The van der Waals surface area contributed by atoms with E-state index in [1.165, 1.54) is 7.11 Å². The number of aliphatic hydroxyl groups is 1. The summed E-state index contributed by atoms with van der Waals surface area (Å²) in [7, 11) is -1.76. The first kappa shape index (κ1) is 16.8. The van der Waals surface area contributed by atoms with Crippen molar-refractivity contribution in [2.45, 2.75) is 39.7 Å². The lowest BCUT2D eigenvalue weighted by atomic mass is 9.89. The van der Waals surface area contributed by atoms with Gasteiger partial charge in [0.25, 0.3) is 0 Å². The van der Waals surface area contributed by atoms with Gasteiger partial charge in [-0.1, -0.05) is 20.8 Å². The van der Waals surface area contributed by atoms with Crippen LogP contribution in [0.15, 0.2) is 0 Å². The molecule has 2 N–H and O–H groups in total. The van der Waals surface area contributed by atoms with Crippen LogP contribution in [0.25, 0.3) is 0 Å². The van der Waals surface area contributed by atoms with E-state index in [0.717, 1.165) is 0 Å². The van der Waals surface area contributed by atoms with E-state index in [9.17, 15) is 13.5 Å². The van der Waals surface area contributed by atoms with E-state index in [4.69, 9.17) is 4.74 Å². The zero-order chi connectivity index (χ0) is 13.5. The minimum absolute atomic E-state index is 0.0130. The van der Waals surface area contributed by atoms with Gasteiger partial charge in [0.2, 0.25) is 10.0 Å². The first-order valence-corrected chi connectivity index (χ1v) is 7.46. The zero-order valence-corrected chi connectivity index (χ0v) is 12.0. The fourth-order valence-corrected chi connectivity index (χ4v) is 2.56. The monoisotopic (exact) mass is 267 g/mol. The van der Waals surface area contributed by atoms with Gasteiger partial charge in [-0.2, -0.15) is 0 Å². The first-order chi connectivity index (χ1) is 7.66. The van der Waals surface area contributed by atoms with Gasteiger partial charge in [0, 0.05) is 20.3 Å². The van der Waals surface area contributed by atoms with Gasteiger partial charge < -0.3 is 9.84 Å². The van der Waals surface area contributed by atoms with Crippen molar-refractivity contribution in [1.29, 1.82) is 0 Å². The molecule has 0 rings (SSSR count). The molecule has 17 heavy (non-hydrogen) atoms. The Balaban J connectivity index is 3.93. The lowest BCUT2D eigenvalue weighted by molar-refractivity contribution is 0.125. The number of ether oxygens (including phenoxy) is 1. The molecule has 0 aliphatic heterocycles. The van der Waals surface area contributed by atoms with Gasteiger partial charge in [-0.15, -0.1) is 0 Å². The smallest absolute Gasteiger partial charge is 0.211 e. The summed E-state index contributed by atoms with van der Waals surface area (Å²) in [6, 6.07) is 0. The number of hydrogen-bond donors (Lipinski definition) is 2. The van der Waals surface area contributed by atoms with Crippen LogP contribution in [0.5, 0.6) is 0 Å².